The third kappa shape index (κ3) is 6.13. The van der Waals surface area contributed by atoms with Gasteiger partial charge >= 0.3 is 0 Å². The molecule has 138 valence electrons. The molecule has 0 aliphatic rings. The van der Waals surface area contributed by atoms with Gasteiger partial charge < -0.3 is 11.1 Å². The molecule has 2 unspecified atom stereocenters. The first-order chi connectivity index (χ1) is 12.4. The largest absolute Gasteiger partial charge is 0.349 e. The molecular weight excluding hydrogens is 348 g/mol. The van der Waals surface area contributed by atoms with Crippen molar-refractivity contribution in [2.24, 2.45) is 5.73 Å². The Hall–Kier alpha value is -2.44. The van der Waals surface area contributed by atoms with Crippen LogP contribution >= 0.6 is 0 Å². The molecule has 3 N–H and O–H groups in total. The van der Waals surface area contributed by atoms with Gasteiger partial charge in [-0.05, 0) is 37.5 Å². The predicted octanol–water partition coefficient (Wildman–Crippen LogP) is 2.44. The molecule has 0 aliphatic heterocycles. The fourth-order valence-corrected chi connectivity index (χ4v) is 3.47. The van der Waals surface area contributed by atoms with Gasteiger partial charge in [0.15, 0.2) is 9.84 Å². The monoisotopic (exact) mass is 372 g/mol. The lowest BCUT2D eigenvalue weighted by Gasteiger charge is -2.17. The van der Waals surface area contributed by atoms with Crippen LogP contribution in [-0.2, 0) is 21.1 Å². The summed E-state index contributed by atoms with van der Waals surface area (Å²) in [5, 5.41) is 3.95. The molecule has 0 spiro atoms. The van der Waals surface area contributed by atoms with Gasteiger partial charge in [-0.2, -0.15) is 0 Å². The Labute approximate surface area is 154 Å². The van der Waals surface area contributed by atoms with Crippen molar-refractivity contribution in [3.8, 4) is 0 Å². The van der Waals surface area contributed by atoms with E-state index in [1.807, 2.05) is 30.3 Å². The van der Waals surface area contributed by atoms with Crippen LogP contribution < -0.4 is 11.1 Å². The van der Waals surface area contributed by atoms with Crippen molar-refractivity contribution >= 4 is 15.7 Å². The smallest absolute Gasteiger partial charge is 0.237 e. The van der Waals surface area contributed by atoms with Gasteiger partial charge in [-0.1, -0.05) is 54.6 Å². The zero-order valence-electron chi connectivity index (χ0n) is 14.7. The first-order valence-electron chi connectivity index (χ1n) is 8.47. The maximum absolute atomic E-state index is 12.4. The van der Waals surface area contributed by atoms with Crippen LogP contribution in [0.3, 0.4) is 0 Å². The highest BCUT2D eigenvalue weighted by Crippen LogP contribution is 2.13. The fourth-order valence-electron chi connectivity index (χ4n) is 2.38. The lowest BCUT2D eigenvalue weighted by atomic mass is 10.0. The Morgan fingerprint density at radius 1 is 1.08 bits per heavy atom. The van der Waals surface area contributed by atoms with E-state index in [1.165, 1.54) is 6.08 Å². The zero-order valence-corrected chi connectivity index (χ0v) is 15.5. The molecule has 1 amide bonds. The second-order valence-corrected chi connectivity index (χ2v) is 7.95. The van der Waals surface area contributed by atoms with Crippen LogP contribution in [0.25, 0.3) is 0 Å². The lowest BCUT2D eigenvalue weighted by Crippen LogP contribution is -2.43. The Morgan fingerprint density at radius 3 is 2.23 bits per heavy atom. The molecule has 26 heavy (non-hydrogen) atoms. The quantitative estimate of drug-likeness (QED) is 0.745. The van der Waals surface area contributed by atoms with E-state index in [0.717, 1.165) is 11.0 Å². The Bertz CT molecular complexity index is 832. The van der Waals surface area contributed by atoms with Crippen LogP contribution in [0.4, 0.5) is 0 Å². The third-order valence-corrected chi connectivity index (χ3v) is 5.33. The summed E-state index contributed by atoms with van der Waals surface area (Å²) >= 11 is 0. The molecule has 0 aromatic heterocycles. The van der Waals surface area contributed by atoms with Gasteiger partial charge in [0.1, 0.15) is 0 Å². The molecule has 0 saturated carbocycles. The molecule has 0 aliphatic carbocycles. The normalized spacial score (nSPS) is 14.1. The number of aryl methyl sites for hydroxylation is 1. The first kappa shape index (κ1) is 19.9. The maximum Gasteiger partial charge on any atom is 0.237 e. The standard InChI is InChI=1S/C20H24N2O3S/c1-16(21)20(23)22-18(13-12-17-8-4-2-5-9-17)14-15-26(24,25)19-10-6-3-7-11-19/h2-11,14-16,18H,12-13,21H2,1H3,(H,22,23). The van der Waals surface area contributed by atoms with E-state index in [2.05, 4.69) is 5.32 Å². The molecule has 2 aromatic rings. The molecule has 2 rings (SSSR count). The van der Waals surface area contributed by atoms with Crippen molar-refractivity contribution in [2.75, 3.05) is 0 Å². The number of sulfone groups is 1. The summed E-state index contributed by atoms with van der Waals surface area (Å²) in [6.45, 7) is 1.59. The highest BCUT2D eigenvalue weighted by atomic mass is 32.2. The third-order valence-electron chi connectivity index (χ3n) is 3.89. The summed E-state index contributed by atoms with van der Waals surface area (Å²) in [6, 6.07) is 16.9. The number of hydrogen-bond acceptors (Lipinski definition) is 4. The van der Waals surface area contributed by atoms with Gasteiger partial charge in [0.2, 0.25) is 5.91 Å². The van der Waals surface area contributed by atoms with Crippen LogP contribution in [-0.4, -0.2) is 26.4 Å². The van der Waals surface area contributed by atoms with Gasteiger partial charge in [0.25, 0.3) is 0 Å². The number of carbonyl (C=O) groups excluding carboxylic acids is 1. The zero-order chi connectivity index (χ0) is 19.0. The molecule has 0 radical (unpaired) electrons. The van der Waals surface area contributed by atoms with Crippen LogP contribution in [0.1, 0.15) is 18.9 Å². The molecule has 5 nitrogen and oxygen atoms in total. The van der Waals surface area contributed by atoms with E-state index in [1.54, 1.807) is 37.3 Å². The minimum atomic E-state index is -3.56. The molecule has 0 heterocycles. The number of rotatable bonds is 8. The van der Waals surface area contributed by atoms with Gasteiger partial charge in [-0.3, -0.25) is 4.79 Å². The molecule has 2 atom stereocenters. The summed E-state index contributed by atoms with van der Waals surface area (Å²) in [7, 11) is -3.56. The summed E-state index contributed by atoms with van der Waals surface area (Å²) < 4.78 is 24.8. The van der Waals surface area contributed by atoms with Crippen molar-refractivity contribution in [3.05, 3.63) is 77.7 Å². The Morgan fingerprint density at radius 2 is 1.65 bits per heavy atom. The molecule has 0 bridgehead atoms. The van der Waals surface area contributed by atoms with Crippen molar-refractivity contribution in [2.45, 2.75) is 36.7 Å². The van der Waals surface area contributed by atoms with E-state index < -0.39 is 21.9 Å². The number of nitrogens with two attached hydrogens (primary N) is 1. The van der Waals surface area contributed by atoms with Gasteiger partial charge in [0.05, 0.1) is 10.9 Å². The molecule has 6 heteroatoms. The van der Waals surface area contributed by atoms with E-state index in [0.29, 0.717) is 12.8 Å². The predicted molar refractivity (Wildman–Crippen MR) is 103 cm³/mol. The fraction of sp³-hybridized carbons (Fsp3) is 0.250. The van der Waals surface area contributed by atoms with Gasteiger partial charge in [0, 0.05) is 11.4 Å². The van der Waals surface area contributed by atoms with Crippen molar-refractivity contribution in [1.82, 2.24) is 5.32 Å². The average Bonchev–Trinajstić information content (AvgIpc) is 2.65. The first-order valence-corrected chi connectivity index (χ1v) is 10.0. The highest BCUT2D eigenvalue weighted by Gasteiger charge is 2.15. The summed E-state index contributed by atoms with van der Waals surface area (Å²) in [4.78, 5) is 12.2. The Balaban J connectivity index is 2.13. The van der Waals surface area contributed by atoms with Gasteiger partial charge in [-0.25, -0.2) is 8.42 Å². The number of nitrogens with one attached hydrogen (secondary N) is 1. The Kier molecular flexibility index (Phi) is 7.12. The molecule has 0 fully saturated rings. The van der Waals surface area contributed by atoms with Crippen molar-refractivity contribution in [3.63, 3.8) is 0 Å². The minimum Gasteiger partial charge on any atom is -0.349 e. The number of benzene rings is 2. The van der Waals surface area contributed by atoms with Gasteiger partial charge in [-0.15, -0.1) is 0 Å². The van der Waals surface area contributed by atoms with E-state index >= 15 is 0 Å². The topological polar surface area (TPSA) is 89.3 Å². The van der Waals surface area contributed by atoms with E-state index in [-0.39, 0.29) is 10.8 Å². The summed E-state index contributed by atoms with van der Waals surface area (Å²) in [5.74, 6) is -0.315. The molecular formula is C20H24N2O3S. The van der Waals surface area contributed by atoms with Crippen LogP contribution in [0.2, 0.25) is 0 Å². The molecule has 2 aromatic carbocycles. The summed E-state index contributed by atoms with van der Waals surface area (Å²) in [5.41, 5.74) is 6.73. The van der Waals surface area contributed by atoms with E-state index in [9.17, 15) is 13.2 Å². The minimum absolute atomic E-state index is 0.219. The average molecular weight is 372 g/mol. The van der Waals surface area contributed by atoms with E-state index in [4.69, 9.17) is 5.73 Å². The molecule has 0 saturated heterocycles. The summed E-state index contributed by atoms with van der Waals surface area (Å²) in [6.07, 6.45) is 2.80. The van der Waals surface area contributed by atoms with Crippen LogP contribution in [0.15, 0.2) is 77.0 Å². The number of carbonyl (C=O) groups is 1. The van der Waals surface area contributed by atoms with Crippen molar-refractivity contribution < 1.29 is 13.2 Å². The maximum atomic E-state index is 12.4. The SMILES string of the molecule is CC(N)C(=O)NC(C=CS(=O)(=O)c1ccccc1)CCc1ccccc1. The second kappa shape index (κ2) is 9.31. The lowest BCUT2D eigenvalue weighted by molar-refractivity contribution is -0.122. The van der Waals surface area contributed by atoms with Crippen molar-refractivity contribution in [1.29, 1.82) is 0 Å². The van der Waals surface area contributed by atoms with Crippen LogP contribution in [0, 0.1) is 0 Å². The van der Waals surface area contributed by atoms with Crippen LogP contribution in [0.5, 0.6) is 0 Å². The number of hydrogen-bond donors (Lipinski definition) is 2. The number of amides is 1. The highest BCUT2D eigenvalue weighted by molar-refractivity contribution is 7.94. The second-order valence-electron chi connectivity index (χ2n) is 6.11.